The first-order valence-corrected chi connectivity index (χ1v) is 10.8. The molecule has 1 aromatic rings. The van der Waals surface area contributed by atoms with Gasteiger partial charge in [0.05, 0.1) is 0 Å². The zero-order valence-electron chi connectivity index (χ0n) is 18.7. The maximum Gasteiger partial charge on any atom is 0.410 e. The summed E-state index contributed by atoms with van der Waals surface area (Å²) in [5, 5.41) is 10.3. The van der Waals surface area contributed by atoms with Gasteiger partial charge in [-0.3, -0.25) is 0 Å². The molecule has 0 radical (unpaired) electrons. The molecule has 6 nitrogen and oxygen atoms in total. The van der Waals surface area contributed by atoms with Crippen LogP contribution in [0, 0.1) is 5.92 Å². The van der Waals surface area contributed by atoms with Crippen LogP contribution in [0.15, 0.2) is 18.2 Å². The number of aliphatic hydroxyl groups is 1. The van der Waals surface area contributed by atoms with E-state index in [0.29, 0.717) is 19.0 Å². The third kappa shape index (κ3) is 4.53. The smallest absolute Gasteiger partial charge is 0.410 e. The Morgan fingerprint density at radius 3 is 2.41 bits per heavy atom. The van der Waals surface area contributed by atoms with Crippen molar-refractivity contribution in [1.82, 2.24) is 4.90 Å². The number of carbonyl (C=O) groups excluding carboxylic acids is 1. The molecule has 1 aromatic carbocycles. The number of benzene rings is 1. The van der Waals surface area contributed by atoms with E-state index < -0.39 is 11.8 Å². The van der Waals surface area contributed by atoms with E-state index in [-0.39, 0.29) is 24.1 Å². The first-order chi connectivity index (χ1) is 13.5. The standard InChI is InChI=1S/C23H37N3O3/c1-14-15(2)26(16(3)27)20-8-7-18(13-19(20)21(14)24)17-9-11-25(12-10-17)22(28)29-23(4,5)6/h7-8,13-17,21,27H,9-12,24H2,1-6H3/t14-,15-,16?,21+/m0/s1. The predicted molar refractivity (Wildman–Crippen MR) is 116 cm³/mol. The number of aliphatic hydroxyl groups excluding tert-OH is 1. The van der Waals surface area contributed by atoms with Crippen LogP contribution in [0.2, 0.25) is 0 Å². The number of hydrogen-bond acceptors (Lipinski definition) is 5. The maximum atomic E-state index is 12.3. The zero-order chi connectivity index (χ0) is 21.5. The van der Waals surface area contributed by atoms with Gasteiger partial charge in [-0.1, -0.05) is 19.1 Å². The summed E-state index contributed by atoms with van der Waals surface area (Å²) in [6.07, 6.45) is 1.05. The summed E-state index contributed by atoms with van der Waals surface area (Å²) in [5.74, 6) is 0.655. The van der Waals surface area contributed by atoms with Crippen LogP contribution in [0.25, 0.3) is 0 Å². The van der Waals surface area contributed by atoms with Gasteiger partial charge in [-0.05, 0) is 76.5 Å². The molecule has 0 aromatic heterocycles. The molecule has 0 bridgehead atoms. The Morgan fingerprint density at radius 2 is 1.86 bits per heavy atom. The third-order valence-electron chi connectivity index (χ3n) is 6.48. The summed E-state index contributed by atoms with van der Waals surface area (Å²) in [6, 6.07) is 6.64. The van der Waals surface area contributed by atoms with Crippen molar-refractivity contribution in [3.05, 3.63) is 29.3 Å². The zero-order valence-corrected chi connectivity index (χ0v) is 18.7. The summed E-state index contributed by atoms with van der Waals surface area (Å²) < 4.78 is 5.50. The summed E-state index contributed by atoms with van der Waals surface area (Å²) in [5.41, 5.74) is 9.54. The third-order valence-corrected chi connectivity index (χ3v) is 6.48. The molecule has 1 saturated heterocycles. The number of hydrogen-bond donors (Lipinski definition) is 2. The molecular weight excluding hydrogens is 366 g/mol. The number of likely N-dealkylation sites (tertiary alicyclic amines) is 1. The molecule has 3 N–H and O–H groups in total. The SMILES string of the molecule is CC(O)N1c2ccc(C3CCN(C(=O)OC(C)(C)C)CC3)cc2[C@H](N)[C@@H](C)[C@@H]1C. The monoisotopic (exact) mass is 403 g/mol. The highest BCUT2D eigenvalue weighted by atomic mass is 16.6. The fourth-order valence-corrected chi connectivity index (χ4v) is 4.65. The Morgan fingerprint density at radius 1 is 1.24 bits per heavy atom. The molecule has 6 heteroatoms. The van der Waals surface area contributed by atoms with E-state index in [1.807, 2.05) is 32.6 Å². The molecule has 4 atom stereocenters. The number of ether oxygens (including phenoxy) is 1. The molecule has 0 saturated carbocycles. The van der Waals surface area contributed by atoms with Crippen LogP contribution in [0.5, 0.6) is 0 Å². The number of fused-ring (bicyclic) bond motifs is 1. The minimum absolute atomic E-state index is 0.0446. The van der Waals surface area contributed by atoms with Gasteiger partial charge in [0.25, 0.3) is 0 Å². The van der Waals surface area contributed by atoms with Gasteiger partial charge < -0.3 is 25.4 Å². The van der Waals surface area contributed by atoms with E-state index in [0.717, 1.165) is 24.1 Å². The van der Waals surface area contributed by atoms with Crippen molar-refractivity contribution in [2.24, 2.45) is 11.7 Å². The van der Waals surface area contributed by atoms with Gasteiger partial charge >= 0.3 is 6.09 Å². The van der Waals surface area contributed by atoms with Crippen LogP contribution in [0.1, 0.15) is 77.5 Å². The molecule has 1 amide bonds. The molecule has 29 heavy (non-hydrogen) atoms. The van der Waals surface area contributed by atoms with Crippen molar-refractivity contribution in [1.29, 1.82) is 0 Å². The average Bonchev–Trinajstić information content (AvgIpc) is 2.64. The summed E-state index contributed by atoms with van der Waals surface area (Å²) >= 11 is 0. The lowest BCUT2D eigenvalue weighted by molar-refractivity contribution is 0.0205. The summed E-state index contributed by atoms with van der Waals surface area (Å²) in [7, 11) is 0. The van der Waals surface area contributed by atoms with Crippen molar-refractivity contribution in [2.45, 2.75) is 84.2 Å². The molecule has 0 spiro atoms. The van der Waals surface area contributed by atoms with E-state index in [2.05, 4.69) is 36.9 Å². The van der Waals surface area contributed by atoms with E-state index >= 15 is 0 Å². The lowest BCUT2D eigenvalue weighted by Crippen LogP contribution is -2.50. The van der Waals surface area contributed by atoms with Crippen LogP contribution >= 0.6 is 0 Å². The van der Waals surface area contributed by atoms with Crippen LogP contribution in [0.3, 0.4) is 0 Å². The van der Waals surface area contributed by atoms with E-state index in [4.69, 9.17) is 10.5 Å². The van der Waals surface area contributed by atoms with E-state index in [1.54, 1.807) is 0 Å². The minimum atomic E-state index is -0.554. The van der Waals surface area contributed by atoms with Crippen molar-refractivity contribution in [2.75, 3.05) is 18.0 Å². The fourth-order valence-electron chi connectivity index (χ4n) is 4.65. The topological polar surface area (TPSA) is 79.0 Å². The van der Waals surface area contributed by atoms with E-state index in [1.165, 1.54) is 5.56 Å². The van der Waals surface area contributed by atoms with Crippen molar-refractivity contribution < 1.29 is 14.6 Å². The van der Waals surface area contributed by atoms with Crippen molar-refractivity contribution in [3.63, 3.8) is 0 Å². The molecule has 3 rings (SSSR count). The molecule has 1 fully saturated rings. The maximum absolute atomic E-state index is 12.3. The molecule has 1 unspecified atom stereocenters. The molecule has 0 aliphatic carbocycles. The Bertz CT molecular complexity index is 735. The van der Waals surface area contributed by atoms with Crippen molar-refractivity contribution in [3.8, 4) is 0 Å². The lowest BCUT2D eigenvalue weighted by atomic mass is 9.80. The largest absolute Gasteiger partial charge is 0.444 e. The fraction of sp³-hybridized carbons (Fsp3) is 0.696. The second-order valence-electron chi connectivity index (χ2n) is 9.72. The van der Waals surface area contributed by atoms with Crippen LogP contribution < -0.4 is 10.6 Å². The number of amides is 1. The predicted octanol–water partition coefficient (Wildman–Crippen LogP) is 3.98. The lowest BCUT2D eigenvalue weighted by Gasteiger charge is -2.46. The van der Waals surface area contributed by atoms with Gasteiger partial charge in [0.2, 0.25) is 0 Å². The normalized spacial score (nSPS) is 26.8. The summed E-state index contributed by atoms with van der Waals surface area (Å²) in [4.78, 5) is 16.2. The summed E-state index contributed by atoms with van der Waals surface area (Å²) in [6.45, 7) is 13.2. The van der Waals surface area contributed by atoms with Gasteiger partial charge in [-0.15, -0.1) is 0 Å². The Kier molecular flexibility index (Phi) is 6.16. The number of piperidine rings is 1. The van der Waals surface area contributed by atoms with Crippen molar-refractivity contribution >= 4 is 11.8 Å². The van der Waals surface area contributed by atoms with Gasteiger partial charge in [0.15, 0.2) is 0 Å². The first kappa shape index (κ1) is 21.9. The first-order valence-electron chi connectivity index (χ1n) is 10.8. The number of nitrogens with two attached hydrogens (primary N) is 1. The number of rotatable bonds is 2. The van der Waals surface area contributed by atoms with Crippen LogP contribution in [-0.4, -0.2) is 47.1 Å². The molecular formula is C23H37N3O3. The second kappa shape index (κ2) is 8.15. The molecule has 2 aliphatic heterocycles. The number of anilines is 1. The van der Waals surface area contributed by atoms with Crippen LogP contribution in [0.4, 0.5) is 10.5 Å². The van der Waals surface area contributed by atoms with Gasteiger partial charge in [-0.2, -0.15) is 0 Å². The van der Waals surface area contributed by atoms with E-state index in [9.17, 15) is 9.90 Å². The van der Waals surface area contributed by atoms with Gasteiger partial charge in [0.1, 0.15) is 11.8 Å². The highest BCUT2D eigenvalue weighted by molar-refractivity contribution is 5.68. The highest BCUT2D eigenvalue weighted by Gasteiger charge is 2.37. The minimum Gasteiger partial charge on any atom is -0.444 e. The van der Waals surface area contributed by atoms with Gasteiger partial charge in [-0.25, -0.2) is 4.79 Å². The molecule has 2 aliphatic rings. The Hall–Kier alpha value is -1.79. The average molecular weight is 404 g/mol. The molecule has 162 valence electrons. The van der Waals surface area contributed by atoms with Crippen LogP contribution in [-0.2, 0) is 4.74 Å². The van der Waals surface area contributed by atoms with Gasteiger partial charge in [0, 0.05) is 30.9 Å². The quantitative estimate of drug-likeness (QED) is 0.781. The molecule has 2 heterocycles. The Labute approximate surface area is 175 Å². The number of nitrogens with zero attached hydrogens (tertiary/aromatic N) is 2. The second-order valence-corrected chi connectivity index (χ2v) is 9.72. The number of carbonyl (C=O) groups is 1. The Balaban J connectivity index is 1.75. The highest BCUT2D eigenvalue weighted by Crippen LogP contribution is 2.42.